The largest absolute Gasteiger partial charge is 0.492 e. The van der Waals surface area contributed by atoms with Crippen LogP contribution in [0, 0.1) is 0 Å². The average Bonchev–Trinajstić information content (AvgIpc) is 2.40. The Balaban J connectivity index is 1.81. The molecular weight excluding hydrogens is 314 g/mol. The van der Waals surface area contributed by atoms with Crippen molar-refractivity contribution in [2.45, 2.75) is 0 Å². The maximum atomic E-state index is 6.00. The van der Waals surface area contributed by atoms with Crippen molar-refractivity contribution in [2.24, 2.45) is 0 Å². The number of hydrogen-bond donors (Lipinski definition) is 1. The highest BCUT2D eigenvalue weighted by molar-refractivity contribution is 9.10. The van der Waals surface area contributed by atoms with Gasteiger partial charge >= 0.3 is 0 Å². The molecule has 0 aromatic heterocycles. The Kier molecular flexibility index (Phi) is 4.90. The molecule has 1 N–H and O–H groups in total. The average molecular weight is 327 g/mol. The molecule has 0 aliphatic carbocycles. The molecule has 94 valence electrons. The maximum absolute atomic E-state index is 6.00. The fourth-order valence-electron chi connectivity index (χ4n) is 1.51. The summed E-state index contributed by atoms with van der Waals surface area (Å²) in [5, 5.41) is 3.97. The SMILES string of the molecule is Clc1cccc(NCCOc2ccccc2)c1Br. The Morgan fingerprint density at radius 1 is 1.06 bits per heavy atom. The van der Waals surface area contributed by atoms with Crippen molar-refractivity contribution in [3.63, 3.8) is 0 Å². The Morgan fingerprint density at radius 3 is 2.61 bits per heavy atom. The summed E-state index contributed by atoms with van der Waals surface area (Å²) in [6.45, 7) is 1.32. The van der Waals surface area contributed by atoms with Gasteiger partial charge in [0.15, 0.2) is 0 Å². The summed E-state index contributed by atoms with van der Waals surface area (Å²) < 4.78 is 6.47. The highest BCUT2D eigenvalue weighted by Gasteiger charge is 2.02. The van der Waals surface area contributed by atoms with Crippen LogP contribution in [0.2, 0.25) is 5.02 Å². The van der Waals surface area contributed by atoms with Crippen molar-refractivity contribution in [3.8, 4) is 5.75 Å². The Hall–Kier alpha value is -1.19. The van der Waals surface area contributed by atoms with Crippen molar-refractivity contribution >= 4 is 33.2 Å². The lowest BCUT2D eigenvalue weighted by molar-refractivity contribution is 0.333. The van der Waals surface area contributed by atoms with E-state index in [1.165, 1.54) is 0 Å². The number of para-hydroxylation sites is 1. The van der Waals surface area contributed by atoms with E-state index in [-0.39, 0.29) is 0 Å². The standard InChI is InChI=1S/C14H13BrClNO/c15-14-12(16)7-4-8-13(14)17-9-10-18-11-5-2-1-3-6-11/h1-8,17H,9-10H2. The minimum absolute atomic E-state index is 0.600. The molecule has 0 aliphatic rings. The van der Waals surface area contributed by atoms with Crippen LogP contribution in [-0.4, -0.2) is 13.2 Å². The monoisotopic (exact) mass is 325 g/mol. The third kappa shape index (κ3) is 3.65. The van der Waals surface area contributed by atoms with Crippen LogP contribution < -0.4 is 10.1 Å². The van der Waals surface area contributed by atoms with Gasteiger partial charge in [-0.3, -0.25) is 0 Å². The lowest BCUT2D eigenvalue weighted by atomic mass is 10.3. The second-order valence-electron chi connectivity index (χ2n) is 3.69. The third-order valence-corrected chi connectivity index (χ3v) is 3.78. The summed E-state index contributed by atoms with van der Waals surface area (Å²) in [5.74, 6) is 0.879. The van der Waals surface area contributed by atoms with Crippen molar-refractivity contribution < 1.29 is 4.74 Å². The Bertz CT molecular complexity index is 504. The normalized spacial score (nSPS) is 10.1. The topological polar surface area (TPSA) is 21.3 Å². The number of benzene rings is 2. The van der Waals surface area contributed by atoms with E-state index in [1.807, 2.05) is 48.5 Å². The van der Waals surface area contributed by atoms with Gasteiger partial charge in [0, 0.05) is 6.54 Å². The van der Waals surface area contributed by atoms with Crippen LogP contribution in [0.15, 0.2) is 53.0 Å². The molecule has 0 amide bonds. The Labute approximate surface area is 120 Å². The maximum Gasteiger partial charge on any atom is 0.119 e. The van der Waals surface area contributed by atoms with Crippen LogP contribution in [0.3, 0.4) is 0 Å². The van der Waals surface area contributed by atoms with E-state index in [2.05, 4.69) is 21.2 Å². The molecule has 2 aromatic carbocycles. The minimum Gasteiger partial charge on any atom is -0.492 e. The van der Waals surface area contributed by atoms with Gasteiger partial charge in [-0.1, -0.05) is 35.9 Å². The summed E-state index contributed by atoms with van der Waals surface area (Å²) in [7, 11) is 0. The molecule has 0 saturated heterocycles. The second-order valence-corrected chi connectivity index (χ2v) is 4.89. The molecule has 0 fully saturated rings. The molecule has 0 bridgehead atoms. The molecule has 0 radical (unpaired) electrons. The quantitative estimate of drug-likeness (QED) is 0.811. The van der Waals surface area contributed by atoms with E-state index in [0.29, 0.717) is 18.2 Å². The van der Waals surface area contributed by atoms with Crippen molar-refractivity contribution in [2.75, 3.05) is 18.5 Å². The molecule has 0 spiro atoms. The van der Waals surface area contributed by atoms with E-state index in [9.17, 15) is 0 Å². The smallest absolute Gasteiger partial charge is 0.119 e. The number of hydrogen-bond acceptors (Lipinski definition) is 2. The first-order valence-corrected chi connectivity index (χ1v) is 6.80. The number of ether oxygens (including phenoxy) is 1. The van der Waals surface area contributed by atoms with Crippen LogP contribution in [-0.2, 0) is 0 Å². The fraction of sp³-hybridized carbons (Fsp3) is 0.143. The fourth-order valence-corrected chi connectivity index (χ4v) is 2.09. The zero-order valence-corrected chi connectivity index (χ0v) is 12.0. The zero-order valence-electron chi connectivity index (χ0n) is 9.70. The van der Waals surface area contributed by atoms with Gasteiger partial charge in [-0.2, -0.15) is 0 Å². The zero-order chi connectivity index (χ0) is 12.8. The van der Waals surface area contributed by atoms with Crippen molar-refractivity contribution in [1.82, 2.24) is 0 Å². The van der Waals surface area contributed by atoms with Gasteiger partial charge in [0.1, 0.15) is 12.4 Å². The minimum atomic E-state index is 0.600. The molecule has 0 unspecified atom stereocenters. The first kappa shape index (κ1) is 13.2. The summed E-state index contributed by atoms with van der Waals surface area (Å²) >= 11 is 9.45. The van der Waals surface area contributed by atoms with E-state index in [4.69, 9.17) is 16.3 Å². The predicted molar refractivity (Wildman–Crippen MR) is 79.6 cm³/mol. The van der Waals surface area contributed by atoms with E-state index >= 15 is 0 Å². The molecule has 18 heavy (non-hydrogen) atoms. The molecule has 4 heteroatoms. The molecule has 2 aromatic rings. The molecular formula is C14H13BrClNO. The van der Waals surface area contributed by atoms with Gasteiger partial charge in [0.2, 0.25) is 0 Å². The summed E-state index contributed by atoms with van der Waals surface area (Å²) in [4.78, 5) is 0. The van der Waals surface area contributed by atoms with Crippen molar-refractivity contribution in [1.29, 1.82) is 0 Å². The highest BCUT2D eigenvalue weighted by atomic mass is 79.9. The molecule has 2 nitrogen and oxygen atoms in total. The lowest BCUT2D eigenvalue weighted by Gasteiger charge is -2.10. The van der Waals surface area contributed by atoms with Gasteiger partial charge in [-0.15, -0.1) is 0 Å². The van der Waals surface area contributed by atoms with Gasteiger partial charge in [0.05, 0.1) is 15.2 Å². The molecule has 2 rings (SSSR count). The molecule has 0 heterocycles. The number of rotatable bonds is 5. The van der Waals surface area contributed by atoms with Crippen LogP contribution in [0.1, 0.15) is 0 Å². The number of anilines is 1. The van der Waals surface area contributed by atoms with Gasteiger partial charge in [-0.05, 0) is 40.2 Å². The lowest BCUT2D eigenvalue weighted by Crippen LogP contribution is -2.11. The predicted octanol–water partition coefficient (Wildman–Crippen LogP) is 4.59. The van der Waals surface area contributed by atoms with Crippen LogP contribution in [0.4, 0.5) is 5.69 Å². The van der Waals surface area contributed by atoms with E-state index < -0.39 is 0 Å². The summed E-state index contributed by atoms with van der Waals surface area (Å²) in [5.41, 5.74) is 0.971. The number of nitrogens with one attached hydrogen (secondary N) is 1. The highest BCUT2D eigenvalue weighted by Crippen LogP contribution is 2.29. The molecule has 0 saturated carbocycles. The summed E-state index contributed by atoms with van der Waals surface area (Å²) in [6.07, 6.45) is 0. The molecule has 0 atom stereocenters. The van der Waals surface area contributed by atoms with Crippen LogP contribution >= 0.6 is 27.5 Å². The van der Waals surface area contributed by atoms with E-state index in [0.717, 1.165) is 15.9 Å². The molecule has 0 aliphatic heterocycles. The Morgan fingerprint density at radius 2 is 1.83 bits per heavy atom. The van der Waals surface area contributed by atoms with E-state index in [1.54, 1.807) is 0 Å². The number of halogens is 2. The third-order valence-electron chi connectivity index (χ3n) is 2.38. The first-order chi connectivity index (χ1) is 8.77. The van der Waals surface area contributed by atoms with Crippen LogP contribution in [0.25, 0.3) is 0 Å². The van der Waals surface area contributed by atoms with Gasteiger partial charge in [-0.25, -0.2) is 0 Å². The summed E-state index contributed by atoms with van der Waals surface area (Å²) in [6, 6.07) is 15.5. The van der Waals surface area contributed by atoms with Gasteiger partial charge in [0.25, 0.3) is 0 Å². The second kappa shape index (κ2) is 6.66. The van der Waals surface area contributed by atoms with Crippen molar-refractivity contribution in [3.05, 3.63) is 58.0 Å². The van der Waals surface area contributed by atoms with Crippen LogP contribution in [0.5, 0.6) is 5.75 Å². The van der Waals surface area contributed by atoms with Gasteiger partial charge < -0.3 is 10.1 Å². The first-order valence-electron chi connectivity index (χ1n) is 5.63.